The minimum Gasteiger partial charge on any atom is -0.268 e. The van der Waals surface area contributed by atoms with Gasteiger partial charge in [-0.2, -0.15) is 9.40 Å². The summed E-state index contributed by atoms with van der Waals surface area (Å²) in [4.78, 5) is 0. The van der Waals surface area contributed by atoms with Crippen LogP contribution in [0, 0.1) is 0 Å². The normalized spacial score (nSPS) is 17.2. The van der Waals surface area contributed by atoms with Gasteiger partial charge in [0.2, 0.25) is 10.0 Å². The lowest BCUT2D eigenvalue weighted by atomic mass is 9.99. The van der Waals surface area contributed by atoms with E-state index in [1.165, 1.54) is 16.1 Å². The van der Waals surface area contributed by atoms with Crippen LogP contribution in [0.15, 0.2) is 0 Å². The van der Waals surface area contributed by atoms with E-state index in [4.69, 9.17) is 0 Å². The van der Waals surface area contributed by atoms with Gasteiger partial charge in [0.25, 0.3) is 0 Å². The Morgan fingerprint density at radius 2 is 2.06 bits per heavy atom. The minimum atomic E-state index is -3.11. The van der Waals surface area contributed by atoms with E-state index in [1.807, 2.05) is 11.6 Å². The van der Waals surface area contributed by atoms with Crippen molar-refractivity contribution in [3.05, 3.63) is 17.0 Å². The van der Waals surface area contributed by atoms with E-state index in [9.17, 15) is 8.42 Å². The number of rotatable bonds is 3. The van der Waals surface area contributed by atoms with Gasteiger partial charge in [-0.1, -0.05) is 13.8 Å². The fourth-order valence-electron chi connectivity index (χ4n) is 2.49. The van der Waals surface area contributed by atoms with Gasteiger partial charge in [0.05, 0.1) is 24.2 Å². The smallest absolute Gasteiger partial charge is 0.211 e. The van der Waals surface area contributed by atoms with Crippen molar-refractivity contribution in [3.63, 3.8) is 0 Å². The molecule has 6 heteroatoms. The molecule has 0 atom stereocenters. The molecule has 2 heterocycles. The Balaban J connectivity index is 2.43. The Morgan fingerprint density at radius 1 is 1.39 bits per heavy atom. The third kappa shape index (κ3) is 2.31. The summed E-state index contributed by atoms with van der Waals surface area (Å²) in [5.74, 6) is 0.385. The van der Waals surface area contributed by atoms with Crippen molar-refractivity contribution in [1.29, 1.82) is 0 Å². The summed E-state index contributed by atoms with van der Waals surface area (Å²) < 4.78 is 26.7. The second-order valence-corrected chi connectivity index (χ2v) is 7.11. The van der Waals surface area contributed by atoms with E-state index < -0.39 is 10.0 Å². The third-order valence-electron chi connectivity index (χ3n) is 3.45. The molecule has 0 N–H and O–H groups in total. The van der Waals surface area contributed by atoms with Crippen molar-refractivity contribution in [2.24, 2.45) is 0 Å². The molecule has 0 unspecified atom stereocenters. The first-order valence-electron chi connectivity index (χ1n) is 6.38. The number of hydrogen-bond acceptors (Lipinski definition) is 3. The van der Waals surface area contributed by atoms with E-state index in [1.54, 1.807) is 0 Å². The van der Waals surface area contributed by atoms with Gasteiger partial charge in [0.15, 0.2) is 0 Å². The molecule has 1 aliphatic heterocycles. The molecule has 0 radical (unpaired) electrons. The van der Waals surface area contributed by atoms with Gasteiger partial charge >= 0.3 is 0 Å². The van der Waals surface area contributed by atoms with Gasteiger partial charge in [0.1, 0.15) is 0 Å². The van der Waals surface area contributed by atoms with E-state index in [2.05, 4.69) is 18.9 Å². The maximum absolute atomic E-state index is 11.6. The van der Waals surface area contributed by atoms with Crippen LogP contribution in [0.5, 0.6) is 0 Å². The van der Waals surface area contributed by atoms with Crippen LogP contribution < -0.4 is 0 Å². The van der Waals surface area contributed by atoms with E-state index in [0.29, 0.717) is 19.0 Å². The van der Waals surface area contributed by atoms with E-state index in [-0.39, 0.29) is 0 Å². The van der Waals surface area contributed by atoms with Crippen molar-refractivity contribution in [3.8, 4) is 0 Å². The van der Waals surface area contributed by atoms with Gasteiger partial charge in [-0.3, -0.25) is 4.68 Å². The molecule has 0 bridgehead atoms. The van der Waals surface area contributed by atoms with Crippen molar-refractivity contribution in [2.45, 2.75) is 46.2 Å². The summed E-state index contributed by atoms with van der Waals surface area (Å²) in [6, 6.07) is 0. The number of aromatic nitrogens is 2. The van der Waals surface area contributed by atoms with Gasteiger partial charge in [-0.05, 0) is 24.8 Å². The fourth-order valence-corrected chi connectivity index (χ4v) is 3.27. The Labute approximate surface area is 109 Å². The van der Waals surface area contributed by atoms with Crippen LogP contribution in [0.3, 0.4) is 0 Å². The van der Waals surface area contributed by atoms with Gasteiger partial charge < -0.3 is 0 Å². The molecule has 2 rings (SSSR count). The van der Waals surface area contributed by atoms with Crippen LogP contribution in [-0.2, 0) is 29.5 Å². The predicted molar refractivity (Wildman–Crippen MR) is 70.9 cm³/mol. The second-order valence-electron chi connectivity index (χ2n) is 5.13. The minimum absolute atomic E-state index is 0.385. The van der Waals surface area contributed by atoms with Crippen LogP contribution in [-0.4, -0.2) is 35.3 Å². The summed E-state index contributed by atoms with van der Waals surface area (Å²) in [5, 5.41) is 4.62. The summed E-state index contributed by atoms with van der Waals surface area (Å²) in [6.45, 7) is 8.11. The second kappa shape index (κ2) is 4.66. The van der Waals surface area contributed by atoms with Crippen molar-refractivity contribution in [2.75, 3.05) is 12.8 Å². The van der Waals surface area contributed by atoms with E-state index in [0.717, 1.165) is 24.4 Å². The molecule has 0 amide bonds. The van der Waals surface area contributed by atoms with Gasteiger partial charge in [-0.25, -0.2) is 8.42 Å². The summed E-state index contributed by atoms with van der Waals surface area (Å²) in [6.07, 6.45) is 2.05. The Morgan fingerprint density at radius 3 is 2.56 bits per heavy atom. The highest BCUT2D eigenvalue weighted by atomic mass is 32.2. The lowest BCUT2D eigenvalue weighted by Gasteiger charge is -2.25. The molecule has 0 aromatic carbocycles. The van der Waals surface area contributed by atoms with Gasteiger partial charge in [0, 0.05) is 13.1 Å². The Kier molecular flexibility index (Phi) is 3.51. The molecule has 0 spiro atoms. The number of aryl methyl sites for hydroxylation is 1. The lowest BCUT2D eigenvalue weighted by Crippen LogP contribution is -2.36. The molecular weight excluding hydrogens is 250 g/mol. The summed E-state index contributed by atoms with van der Waals surface area (Å²) in [5.41, 5.74) is 3.45. The van der Waals surface area contributed by atoms with Crippen molar-refractivity contribution < 1.29 is 8.42 Å². The molecule has 0 fully saturated rings. The highest BCUT2D eigenvalue weighted by molar-refractivity contribution is 7.88. The van der Waals surface area contributed by atoms with Gasteiger partial charge in [-0.15, -0.1) is 0 Å². The van der Waals surface area contributed by atoms with Crippen LogP contribution in [0.2, 0.25) is 0 Å². The summed E-state index contributed by atoms with van der Waals surface area (Å²) >= 11 is 0. The first kappa shape index (κ1) is 13.5. The number of fused-ring (bicyclic) bond motifs is 1. The van der Waals surface area contributed by atoms with Crippen LogP contribution in [0.1, 0.15) is 43.6 Å². The maximum atomic E-state index is 11.6. The molecule has 102 valence electrons. The molecule has 0 saturated heterocycles. The zero-order chi connectivity index (χ0) is 13.5. The average molecular weight is 271 g/mol. The molecule has 18 heavy (non-hydrogen) atoms. The highest BCUT2D eigenvalue weighted by Gasteiger charge is 2.29. The molecule has 5 nitrogen and oxygen atoms in total. The van der Waals surface area contributed by atoms with Crippen molar-refractivity contribution in [1.82, 2.24) is 14.1 Å². The third-order valence-corrected chi connectivity index (χ3v) is 4.70. The first-order valence-corrected chi connectivity index (χ1v) is 8.23. The zero-order valence-electron chi connectivity index (χ0n) is 11.5. The van der Waals surface area contributed by atoms with Crippen LogP contribution in [0.4, 0.5) is 0 Å². The Bertz CT molecular complexity index is 546. The van der Waals surface area contributed by atoms with E-state index >= 15 is 0 Å². The Hall–Kier alpha value is -0.880. The first-order chi connectivity index (χ1) is 8.34. The largest absolute Gasteiger partial charge is 0.268 e. The monoisotopic (exact) mass is 271 g/mol. The maximum Gasteiger partial charge on any atom is 0.211 e. The summed E-state index contributed by atoms with van der Waals surface area (Å²) in [7, 11) is -3.11. The number of sulfonamides is 1. The topological polar surface area (TPSA) is 55.2 Å². The van der Waals surface area contributed by atoms with Crippen molar-refractivity contribution >= 4 is 10.0 Å². The fraction of sp³-hybridized carbons (Fsp3) is 0.750. The SMILES string of the molecule is CCn1nc(C(C)C)c2c1CN(S(C)(=O)=O)CC2. The quantitative estimate of drug-likeness (QED) is 0.833. The number of hydrogen-bond donors (Lipinski definition) is 0. The number of nitrogens with zero attached hydrogens (tertiary/aromatic N) is 3. The lowest BCUT2D eigenvalue weighted by molar-refractivity contribution is 0.378. The molecule has 0 aliphatic carbocycles. The standard InChI is InChI=1S/C12H21N3O2S/c1-5-15-11-8-14(18(4,16)17)7-6-10(11)12(13-15)9(2)3/h9H,5-8H2,1-4H3. The molecule has 1 aromatic heterocycles. The predicted octanol–water partition coefficient (Wildman–Crippen LogP) is 1.34. The van der Waals surface area contributed by atoms with Crippen LogP contribution in [0.25, 0.3) is 0 Å². The highest BCUT2D eigenvalue weighted by Crippen LogP contribution is 2.28. The van der Waals surface area contributed by atoms with Crippen LogP contribution >= 0.6 is 0 Å². The molecule has 1 aromatic rings. The zero-order valence-corrected chi connectivity index (χ0v) is 12.3. The average Bonchev–Trinajstić information content (AvgIpc) is 2.65. The molecule has 1 aliphatic rings. The molecular formula is C12H21N3O2S. The molecule has 0 saturated carbocycles.